The highest BCUT2D eigenvalue weighted by molar-refractivity contribution is 9.10. The van der Waals surface area contributed by atoms with Crippen LogP contribution >= 0.6 is 15.9 Å². The minimum absolute atomic E-state index is 0.262. The summed E-state index contributed by atoms with van der Waals surface area (Å²) in [6, 6.07) is 9.44. The summed E-state index contributed by atoms with van der Waals surface area (Å²) >= 11 is 3.31. The number of carbonyl (C=O) groups is 1. The molecular formula is C14H12BrFN2O. The van der Waals surface area contributed by atoms with E-state index in [1.165, 1.54) is 6.07 Å². The van der Waals surface area contributed by atoms with Gasteiger partial charge in [-0.15, -0.1) is 0 Å². The summed E-state index contributed by atoms with van der Waals surface area (Å²) in [6.07, 6.45) is 0. The number of aryl methyl sites for hydroxylation is 1. The van der Waals surface area contributed by atoms with Gasteiger partial charge in [0, 0.05) is 15.7 Å². The molecule has 2 rings (SSSR count). The summed E-state index contributed by atoms with van der Waals surface area (Å²) in [7, 11) is 0. The Kier molecular flexibility index (Phi) is 3.85. The average molecular weight is 323 g/mol. The van der Waals surface area contributed by atoms with E-state index in [2.05, 4.69) is 21.2 Å². The first kappa shape index (κ1) is 13.5. The van der Waals surface area contributed by atoms with Crippen LogP contribution in [0.4, 0.5) is 15.8 Å². The Balaban J connectivity index is 2.25. The van der Waals surface area contributed by atoms with Crippen molar-refractivity contribution in [3.8, 4) is 0 Å². The van der Waals surface area contributed by atoms with Crippen LogP contribution in [0.3, 0.4) is 0 Å². The molecule has 0 radical (unpaired) electrons. The van der Waals surface area contributed by atoms with Crippen LogP contribution in [-0.4, -0.2) is 5.91 Å². The molecule has 2 aromatic carbocycles. The minimum Gasteiger partial charge on any atom is -0.399 e. The van der Waals surface area contributed by atoms with Crippen molar-refractivity contribution in [2.24, 2.45) is 0 Å². The Hall–Kier alpha value is -1.88. The molecule has 0 unspecified atom stereocenters. The van der Waals surface area contributed by atoms with Gasteiger partial charge in [-0.1, -0.05) is 6.07 Å². The van der Waals surface area contributed by atoms with Crippen LogP contribution in [0.2, 0.25) is 0 Å². The zero-order chi connectivity index (χ0) is 14.0. The summed E-state index contributed by atoms with van der Waals surface area (Å²) in [5.41, 5.74) is 7.50. The van der Waals surface area contributed by atoms with Gasteiger partial charge < -0.3 is 11.1 Å². The molecule has 0 heterocycles. The molecule has 0 saturated carbocycles. The number of carbonyl (C=O) groups excluding carboxylic acids is 1. The highest BCUT2D eigenvalue weighted by Gasteiger charge is 2.10. The highest BCUT2D eigenvalue weighted by Crippen LogP contribution is 2.25. The second-order valence-corrected chi connectivity index (χ2v) is 5.01. The average Bonchev–Trinajstić information content (AvgIpc) is 2.37. The van der Waals surface area contributed by atoms with E-state index < -0.39 is 5.82 Å². The maximum Gasteiger partial charge on any atom is 0.255 e. The number of amides is 1. The van der Waals surface area contributed by atoms with Crippen LogP contribution in [0.15, 0.2) is 40.9 Å². The van der Waals surface area contributed by atoms with Crippen molar-refractivity contribution in [3.63, 3.8) is 0 Å². The maximum absolute atomic E-state index is 13.4. The first-order chi connectivity index (χ1) is 8.97. The van der Waals surface area contributed by atoms with Gasteiger partial charge >= 0.3 is 0 Å². The van der Waals surface area contributed by atoms with E-state index in [0.29, 0.717) is 21.4 Å². The van der Waals surface area contributed by atoms with Crippen LogP contribution < -0.4 is 11.1 Å². The van der Waals surface area contributed by atoms with Crippen molar-refractivity contribution < 1.29 is 9.18 Å². The van der Waals surface area contributed by atoms with Gasteiger partial charge in [0.2, 0.25) is 0 Å². The van der Waals surface area contributed by atoms with Crippen molar-refractivity contribution >= 4 is 33.2 Å². The van der Waals surface area contributed by atoms with Gasteiger partial charge in [0.05, 0.1) is 5.69 Å². The number of nitrogens with two attached hydrogens (primary N) is 1. The molecule has 3 N–H and O–H groups in total. The molecule has 0 aliphatic rings. The van der Waals surface area contributed by atoms with E-state index >= 15 is 0 Å². The fraction of sp³-hybridized carbons (Fsp3) is 0.0714. The fourth-order valence-corrected chi connectivity index (χ4v) is 1.91. The Bertz CT molecular complexity index is 643. The molecule has 1 amide bonds. The summed E-state index contributed by atoms with van der Waals surface area (Å²) in [5, 5.41) is 2.68. The number of hydrogen-bond acceptors (Lipinski definition) is 2. The molecular weight excluding hydrogens is 311 g/mol. The topological polar surface area (TPSA) is 55.1 Å². The molecule has 0 atom stereocenters. The first-order valence-electron chi connectivity index (χ1n) is 5.60. The highest BCUT2D eigenvalue weighted by atomic mass is 79.9. The van der Waals surface area contributed by atoms with Gasteiger partial charge in [0.15, 0.2) is 0 Å². The summed E-state index contributed by atoms with van der Waals surface area (Å²) in [5.74, 6) is -0.788. The van der Waals surface area contributed by atoms with E-state index in [0.717, 1.165) is 0 Å². The number of hydrogen-bond donors (Lipinski definition) is 2. The van der Waals surface area contributed by atoms with Gasteiger partial charge in [-0.2, -0.15) is 0 Å². The third-order valence-corrected chi connectivity index (χ3v) is 3.36. The monoisotopic (exact) mass is 322 g/mol. The zero-order valence-electron chi connectivity index (χ0n) is 10.2. The van der Waals surface area contributed by atoms with E-state index in [9.17, 15) is 9.18 Å². The van der Waals surface area contributed by atoms with Crippen molar-refractivity contribution in [2.45, 2.75) is 6.92 Å². The van der Waals surface area contributed by atoms with Gasteiger partial charge in [-0.3, -0.25) is 4.79 Å². The van der Waals surface area contributed by atoms with Crippen molar-refractivity contribution in [3.05, 3.63) is 57.8 Å². The predicted molar refractivity (Wildman–Crippen MR) is 77.6 cm³/mol. The van der Waals surface area contributed by atoms with E-state index in [1.54, 1.807) is 37.3 Å². The van der Waals surface area contributed by atoms with Crippen LogP contribution in [0, 0.1) is 12.7 Å². The molecule has 0 saturated heterocycles. The second kappa shape index (κ2) is 5.40. The number of rotatable bonds is 2. The molecule has 0 spiro atoms. The first-order valence-corrected chi connectivity index (χ1v) is 6.39. The Morgan fingerprint density at radius 3 is 2.68 bits per heavy atom. The lowest BCUT2D eigenvalue weighted by molar-refractivity contribution is 0.102. The molecule has 0 aliphatic carbocycles. The molecule has 0 aliphatic heterocycles. The molecule has 0 bridgehead atoms. The third kappa shape index (κ3) is 3.12. The quantitative estimate of drug-likeness (QED) is 0.828. The van der Waals surface area contributed by atoms with Crippen LogP contribution in [0.25, 0.3) is 0 Å². The van der Waals surface area contributed by atoms with E-state index in [1.807, 2.05) is 0 Å². The number of benzene rings is 2. The number of nitrogen functional groups attached to an aromatic ring is 1. The second-order valence-electron chi connectivity index (χ2n) is 4.16. The lowest BCUT2D eigenvalue weighted by Crippen LogP contribution is -2.13. The van der Waals surface area contributed by atoms with Gasteiger partial charge in [-0.05, 0) is 58.7 Å². The largest absolute Gasteiger partial charge is 0.399 e. The minimum atomic E-state index is -0.403. The van der Waals surface area contributed by atoms with Crippen molar-refractivity contribution in [1.82, 2.24) is 0 Å². The lowest BCUT2D eigenvalue weighted by Gasteiger charge is -2.09. The van der Waals surface area contributed by atoms with Crippen LogP contribution in [-0.2, 0) is 0 Å². The van der Waals surface area contributed by atoms with Crippen LogP contribution in [0.5, 0.6) is 0 Å². The van der Waals surface area contributed by atoms with Gasteiger partial charge in [0.1, 0.15) is 5.82 Å². The molecule has 19 heavy (non-hydrogen) atoms. The number of halogens is 2. The zero-order valence-corrected chi connectivity index (χ0v) is 11.8. The van der Waals surface area contributed by atoms with Gasteiger partial charge in [-0.25, -0.2) is 4.39 Å². The number of anilines is 2. The van der Waals surface area contributed by atoms with Crippen LogP contribution in [0.1, 0.15) is 15.9 Å². The van der Waals surface area contributed by atoms with E-state index in [4.69, 9.17) is 5.73 Å². The maximum atomic E-state index is 13.4. The van der Waals surface area contributed by atoms with E-state index in [-0.39, 0.29) is 11.5 Å². The fourth-order valence-electron chi connectivity index (χ4n) is 1.57. The Morgan fingerprint density at radius 1 is 1.26 bits per heavy atom. The molecule has 98 valence electrons. The van der Waals surface area contributed by atoms with Crippen molar-refractivity contribution in [1.29, 1.82) is 0 Å². The molecule has 5 heteroatoms. The summed E-state index contributed by atoms with van der Waals surface area (Å²) < 4.78 is 14.1. The molecule has 2 aromatic rings. The molecule has 3 nitrogen and oxygen atoms in total. The third-order valence-electron chi connectivity index (χ3n) is 2.67. The summed E-state index contributed by atoms with van der Waals surface area (Å²) in [4.78, 5) is 12.0. The molecule has 0 fully saturated rings. The lowest BCUT2D eigenvalue weighted by atomic mass is 10.1. The van der Waals surface area contributed by atoms with Gasteiger partial charge in [0.25, 0.3) is 5.91 Å². The Morgan fingerprint density at radius 2 is 2.00 bits per heavy atom. The molecule has 0 aromatic heterocycles. The normalized spacial score (nSPS) is 10.3. The summed E-state index contributed by atoms with van der Waals surface area (Å²) in [6.45, 7) is 1.64. The van der Waals surface area contributed by atoms with Crippen molar-refractivity contribution in [2.75, 3.05) is 11.1 Å². The predicted octanol–water partition coefficient (Wildman–Crippen LogP) is 3.73. The SMILES string of the molecule is Cc1ccc(C(=O)Nc2cc(N)ccc2Br)cc1F. The number of nitrogens with one attached hydrogen (secondary N) is 1. The standard InChI is InChI=1S/C14H12BrFN2O/c1-8-2-3-9(6-12(8)16)14(19)18-13-7-10(17)4-5-11(13)15/h2-7H,17H2,1H3,(H,18,19). The smallest absolute Gasteiger partial charge is 0.255 e. The Labute approximate surface area is 118 Å².